The van der Waals surface area contributed by atoms with E-state index in [0.717, 1.165) is 11.3 Å². The average molecular weight is 395 g/mol. The fourth-order valence-corrected chi connectivity index (χ4v) is 4.09. The third kappa shape index (κ3) is 4.04. The Morgan fingerprint density at radius 3 is 2.69 bits per heavy atom. The molecule has 7 heteroatoms. The third-order valence-electron chi connectivity index (χ3n) is 5.60. The third-order valence-corrected chi connectivity index (χ3v) is 5.60. The summed E-state index contributed by atoms with van der Waals surface area (Å²) in [6.45, 7) is 3.31. The second kappa shape index (κ2) is 8.11. The highest BCUT2D eigenvalue weighted by atomic mass is 16.6. The summed E-state index contributed by atoms with van der Waals surface area (Å²) >= 11 is 0. The number of hydrogen-bond acceptors (Lipinski definition) is 5. The normalized spacial score (nSPS) is 19.8. The number of amides is 2. The lowest BCUT2D eigenvalue weighted by Gasteiger charge is -2.46. The first-order chi connectivity index (χ1) is 14.1. The van der Waals surface area contributed by atoms with Crippen LogP contribution in [0.15, 0.2) is 48.7 Å². The van der Waals surface area contributed by atoms with Crippen LogP contribution in [-0.2, 0) is 4.74 Å². The maximum absolute atomic E-state index is 12.7. The number of fused-ring (bicyclic) bond motifs is 1. The van der Waals surface area contributed by atoms with Crippen LogP contribution in [-0.4, -0.2) is 47.2 Å². The van der Waals surface area contributed by atoms with E-state index in [4.69, 9.17) is 9.47 Å². The van der Waals surface area contributed by atoms with Crippen LogP contribution >= 0.6 is 0 Å². The second-order valence-corrected chi connectivity index (χ2v) is 7.45. The van der Waals surface area contributed by atoms with E-state index in [1.807, 2.05) is 24.3 Å². The number of pyridine rings is 1. The van der Waals surface area contributed by atoms with Gasteiger partial charge in [-0.25, -0.2) is 4.79 Å². The molecule has 3 heterocycles. The van der Waals surface area contributed by atoms with E-state index in [0.29, 0.717) is 44.7 Å². The molecule has 1 aromatic heterocycles. The summed E-state index contributed by atoms with van der Waals surface area (Å²) in [6.07, 6.45) is 3.36. The molecule has 1 saturated heterocycles. The Kier molecular flexibility index (Phi) is 5.38. The molecule has 1 N–H and O–H groups in total. The average Bonchev–Trinajstić information content (AvgIpc) is 2.75. The SMILES string of the molecule is CCOC(=O)N1CCC2(CC1)CC(NC(=O)c1ccccn1)c1ccccc1O2. The highest BCUT2D eigenvalue weighted by Crippen LogP contribution is 2.44. The molecule has 2 aliphatic heterocycles. The number of rotatable bonds is 3. The van der Waals surface area contributed by atoms with E-state index in [9.17, 15) is 9.59 Å². The monoisotopic (exact) mass is 395 g/mol. The Morgan fingerprint density at radius 1 is 1.21 bits per heavy atom. The number of aromatic nitrogens is 1. The molecule has 2 amide bonds. The zero-order valence-electron chi connectivity index (χ0n) is 16.5. The van der Waals surface area contributed by atoms with Crippen LogP contribution in [0.4, 0.5) is 4.79 Å². The highest BCUT2D eigenvalue weighted by Gasteiger charge is 2.44. The van der Waals surface area contributed by atoms with Gasteiger partial charge in [-0.05, 0) is 25.1 Å². The van der Waals surface area contributed by atoms with Crippen molar-refractivity contribution in [1.29, 1.82) is 0 Å². The quantitative estimate of drug-likeness (QED) is 0.862. The minimum Gasteiger partial charge on any atom is -0.487 e. The molecule has 29 heavy (non-hydrogen) atoms. The number of para-hydroxylation sites is 1. The molecular weight excluding hydrogens is 370 g/mol. The minimum atomic E-state index is -0.417. The van der Waals surface area contributed by atoms with Gasteiger partial charge in [0.2, 0.25) is 0 Å². The van der Waals surface area contributed by atoms with Crippen molar-refractivity contribution in [3.05, 3.63) is 59.9 Å². The van der Waals surface area contributed by atoms with Crippen molar-refractivity contribution in [1.82, 2.24) is 15.2 Å². The number of nitrogens with zero attached hydrogens (tertiary/aromatic N) is 2. The molecule has 2 aromatic rings. The number of carbonyl (C=O) groups excluding carboxylic acids is 2. The first-order valence-electron chi connectivity index (χ1n) is 10.0. The van der Waals surface area contributed by atoms with E-state index in [-0.39, 0.29) is 18.0 Å². The Balaban J connectivity index is 1.52. The molecular formula is C22H25N3O4. The van der Waals surface area contributed by atoms with Crippen molar-refractivity contribution in [2.75, 3.05) is 19.7 Å². The highest BCUT2D eigenvalue weighted by molar-refractivity contribution is 5.92. The summed E-state index contributed by atoms with van der Waals surface area (Å²) in [6, 6.07) is 12.9. The van der Waals surface area contributed by atoms with Gasteiger partial charge in [0.15, 0.2) is 0 Å². The molecule has 0 saturated carbocycles. The summed E-state index contributed by atoms with van der Waals surface area (Å²) in [5.41, 5.74) is 0.942. The molecule has 0 radical (unpaired) electrons. The molecule has 1 aromatic carbocycles. The van der Waals surface area contributed by atoms with Gasteiger partial charge in [0.05, 0.1) is 12.6 Å². The van der Waals surface area contributed by atoms with Crippen LogP contribution < -0.4 is 10.1 Å². The van der Waals surface area contributed by atoms with Crippen molar-refractivity contribution < 1.29 is 19.1 Å². The second-order valence-electron chi connectivity index (χ2n) is 7.45. The van der Waals surface area contributed by atoms with Crippen molar-refractivity contribution in [2.45, 2.75) is 37.8 Å². The van der Waals surface area contributed by atoms with Gasteiger partial charge in [-0.1, -0.05) is 24.3 Å². The molecule has 2 aliphatic rings. The minimum absolute atomic E-state index is 0.177. The number of piperidine rings is 1. The molecule has 1 atom stereocenters. The van der Waals surface area contributed by atoms with E-state index in [1.165, 1.54) is 0 Å². The molecule has 152 valence electrons. The van der Waals surface area contributed by atoms with Crippen LogP contribution in [0.3, 0.4) is 0 Å². The zero-order chi connectivity index (χ0) is 20.3. The van der Waals surface area contributed by atoms with E-state index in [2.05, 4.69) is 10.3 Å². The van der Waals surface area contributed by atoms with Gasteiger partial charge in [-0.15, -0.1) is 0 Å². The van der Waals surface area contributed by atoms with Gasteiger partial charge in [-0.2, -0.15) is 0 Å². The maximum atomic E-state index is 12.7. The molecule has 1 spiro atoms. The first-order valence-corrected chi connectivity index (χ1v) is 10.0. The lowest BCUT2D eigenvalue weighted by atomic mass is 9.80. The van der Waals surface area contributed by atoms with E-state index < -0.39 is 5.60 Å². The van der Waals surface area contributed by atoms with Crippen LogP contribution in [0.5, 0.6) is 5.75 Å². The van der Waals surface area contributed by atoms with Crippen molar-refractivity contribution >= 4 is 12.0 Å². The molecule has 0 aliphatic carbocycles. The number of nitrogens with one attached hydrogen (secondary N) is 1. The van der Waals surface area contributed by atoms with Crippen molar-refractivity contribution in [2.24, 2.45) is 0 Å². The standard InChI is InChI=1S/C22H25N3O4/c1-2-28-21(27)25-13-10-22(11-14-25)15-18(16-7-3-4-9-19(16)29-22)24-20(26)17-8-5-6-12-23-17/h3-9,12,18H,2,10-11,13-15H2,1H3,(H,24,26). The van der Waals surface area contributed by atoms with Gasteiger partial charge < -0.3 is 19.7 Å². The lowest BCUT2D eigenvalue weighted by molar-refractivity contribution is -0.0233. The van der Waals surface area contributed by atoms with Crippen LogP contribution in [0.2, 0.25) is 0 Å². The number of benzene rings is 1. The fraction of sp³-hybridized carbons (Fsp3) is 0.409. The number of likely N-dealkylation sites (tertiary alicyclic amines) is 1. The van der Waals surface area contributed by atoms with Gasteiger partial charge >= 0.3 is 6.09 Å². The largest absolute Gasteiger partial charge is 0.487 e. The van der Waals surface area contributed by atoms with Crippen LogP contribution in [0.25, 0.3) is 0 Å². The molecule has 4 rings (SSSR count). The molecule has 7 nitrogen and oxygen atoms in total. The fourth-order valence-electron chi connectivity index (χ4n) is 4.09. The predicted octanol–water partition coefficient (Wildman–Crippen LogP) is 3.33. The van der Waals surface area contributed by atoms with Gasteiger partial charge in [0.1, 0.15) is 17.0 Å². The topological polar surface area (TPSA) is 80.8 Å². The molecule has 0 bridgehead atoms. The summed E-state index contributed by atoms with van der Waals surface area (Å²) < 4.78 is 11.5. The summed E-state index contributed by atoms with van der Waals surface area (Å²) in [4.78, 5) is 30.6. The number of carbonyl (C=O) groups is 2. The van der Waals surface area contributed by atoms with Gasteiger partial charge in [0.25, 0.3) is 5.91 Å². The first kappa shape index (κ1) is 19.2. The van der Waals surface area contributed by atoms with Gasteiger partial charge in [-0.3, -0.25) is 9.78 Å². The Hall–Kier alpha value is -3.09. The zero-order valence-corrected chi connectivity index (χ0v) is 16.5. The molecule has 1 unspecified atom stereocenters. The number of ether oxygens (including phenoxy) is 2. The Bertz CT molecular complexity index is 879. The summed E-state index contributed by atoms with van der Waals surface area (Å²) in [7, 11) is 0. The predicted molar refractivity (Wildman–Crippen MR) is 107 cm³/mol. The summed E-state index contributed by atoms with van der Waals surface area (Å²) in [5, 5.41) is 3.13. The van der Waals surface area contributed by atoms with E-state index in [1.54, 1.807) is 36.2 Å². The smallest absolute Gasteiger partial charge is 0.409 e. The van der Waals surface area contributed by atoms with Crippen LogP contribution in [0, 0.1) is 0 Å². The molecule has 1 fully saturated rings. The lowest BCUT2D eigenvalue weighted by Crippen LogP contribution is -2.53. The summed E-state index contributed by atoms with van der Waals surface area (Å²) in [5.74, 6) is 0.584. The van der Waals surface area contributed by atoms with Crippen molar-refractivity contribution in [3.63, 3.8) is 0 Å². The van der Waals surface area contributed by atoms with Gasteiger partial charge in [0, 0.05) is 44.1 Å². The van der Waals surface area contributed by atoms with Crippen molar-refractivity contribution in [3.8, 4) is 5.75 Å². The Labute approximate surface area is 170 Å². The van der Waals surface area contributed by atoms with E-state index >= 15 is 0 Å². The maximum Gasteiger partial charge on any atom is 0.409 e. The number of hydrogen-bond donors (Lipinski definition) is 1. The Morgan fingerprint density at radius 2 is 1.97 bits per heavy atom. The van der Waals surface area contributed by atoms with Crippen LogP contribution in [0.1, 0.15) is 48.3 Å².